The Balaban J connectivity index is 1.53. The lowest BCUT2D eigenvalue weighted by atomic mass is 10.0. The van der Waals surface area contributed by atoms with E-state index in [-0.39, 0.29) is 17.7 Å². The first kappa shape index (κ1) is 28.2. The molecule has 8 nitrogen and oxygen atoms in total. The van der Waals surface area contributed by atoms with Gasteiger partial charge in [0, 0.05) is 32.0 Å². The quantitative estimate of drug-likeness (QED) is 0.294. The molecule has 0 bridgehead atoms. The van der Waals surface area contributed by atoms with Crippen molar-refractivity contribution in [3.8, 4) is 0 Å². The molecule has 1 aliphatic heterocycles. The Hall–Kier alpha value is -5.31. The van der Waals surface area contributed by atoms with Crippen molar-refractivity contribution < 1.29 is 23.6 Å². The van der Waals surface area contributed by atoms with E-state index in [9.17, 15) is 23.6 Å². The van der Waals surface area contributed by atoms with Crippen molar-refractivity contribution in [1.29, 1.82) is 0 Å². The van der Waals surface area contributed by atoms with Crippen LogP contribution in [0.1, 0.15) is 27.5 Å². The van der Waals surface area contributed by atoms with E-state index in [1.165, 1.54) is 29.2 Å². The summed E-state index contributed by atoms with van der Waals surface area (Å²) in [4.78, 5) is 57.9. The average molecular weight is 565 g/mol. The van der Waals surface area contributed by atoms with Crippen molar-refractivity contribution in [3.05, 3.63) is 126 Å². The fraction of sp³-hybridized carbons (Fsp3) is 0.152. The van der Waals surface area contributed by atoms with Crippen LogP contribution in [0.4, 0.5) is 21.5 Å². The molecule has 0 saturated carbocycles. The number of carbonyl (C=O) groups is 4. The lowest BCUT2D eigenvalue weighted by molar-refractivity contribution is -0.139. The van der Waals surface area contributed by atoms with Gasteiger partial charge in [0.15, 0.2) is 0 Å². The van der Waals surface area contributed by atoms with Gasteiger partial charge in [-0.05, 0) is 59.7 Å². The van der Waals surface area contributed by atoms with Crippen LogP contribution in [-0.4, -0.2) is 49.0 Å². The number of hydrogen-bond acceptors (Lipinski definition) is 5. The van der Waals surface area contributed by atoms with Gasteiger partial charge in [0.25, 0.3) is 17.6 Å². The number of rotatable bonds is 9. The van der Waals surface area contributed by atoms with E-state index in [2.05, 4.69) is 5.32 Å². The second-order valence-electron chi connectivity index (χ2n) is 10.1. The molecule has 1 atom stereocenters. The maximum absolute atomic E-state index is 14.5. The van der Waals surface area contributed by atoms with Crippen LogP contribution in [-0.2, 0) is 20.9 Å². The summed E-state index contributed by atoms with van der Waals surface area (Å²) in [6.45, 7) is -0.490. The number of fused-ring (bicyclic) bond motifs is 1. The van der Waals surface area contributed by atoms with E-state index in [0.29, 0.717) is 11.4 Å². The highest BCUT2D eigenvalue weighted by Gasteiger charge is 2.39. The molecule has 0 fully saturated rings. The molecule has 212 valence electrons. The van der Waals surface area contributed by atoms with E-state index in [0.717, 1.165) is 16.2 Å². The van der Waals surface area contributed by atoms with Gasteiger partial charge >= 0.3 is 0 Å². The van der Waals surface area contributed by atoms with Crippen molar-refractivity contribution in [1.82, 2.24) is 4.90 Å². The van der Waals surface area contributed by atoms with Crippen LogP contribution in [0, 0.1) is 5.82 Å². The minimum atomic E-state index is -1.26. The SMILES string of the molecule is CN(C)c1ccc(NC(=O)C(c2cccc(F)c2)N(Cc2ccccc2)C(=O)CN2C(=O)C(=O)c3ccccc32)cc1. The molecule has 42 heavy (non-hydrogen) atoms. The summed E-state index contributed by atoms with van der Waals surface area (Å²) < 4.78 is 14.5. The Labute approximate surface area is 243 Å². The van der Waals surface area contributed by atoms with Crippen molar-refractivity contribution in [2.75, 3.05) is 35.8 Å². The van der Waals surface area contributed by atoms with Gasteiger partial charge in [-0.2, -0.15) is 0 Å². The van der Waals surface area contributed by atoms with Gasteiger partial charge in [-0.25, -0.2) is 4.39 Å². The highest BCUT2D eigenvalue weighted by atomic mass is 19.1. The van der Waals surface area contributed by atoms with Crippen LogP contribution in [0.2, 0.25) is 0 Å². The number of hydrogen-bond donors (Lipinski definition) is 1. The lowest BCUT2D eigenvalue weighted by Gasteiger charge is -2.33. The van der Waals surface area contributed by atoms with Gasteiger partial charge in [-0.3, -0.25) is 24.1 Å². The number of carbonyl (C=O) groups excluding carboxylic acids is 4. The molecule has 1 unspecified atom stereocenters. The predicted octanol–water partition coefficient (Wildman–Crippen LogP) is 4.83. The fourth-order valence-corrected chi connectivity index (χ4v) is 4.94. The van der Waals surface area contributed by atoms with E-state index >= 15 is 0 Å². The Kier molecular flexibility index (Phi) is 8.10. The number of nitrogens with zero attached hydrogens (tertiary/aromatic N) is 3. The molecule has 5 rings (SSSR count). The van der Waals surface area contributed by atoms with E-state index in [4.69, 9.17) is 0 Å². The number of amides is 3. The summed E-state index contributed by atoms with van der Waals surface area (Å²) in [5.41, 5.74) is 2.94. The summed E-state index contributed by atoms with van der Waals surface area (Å²) in [7, 11) is 3.80. The molecule has 1 N–H and O–H groups in total. The van der Waals surface area contributed by atoms with Gasteiger partial charge in [0.1, 0.15) is 18.4 Å². The molecule has 0 aliphatic carbocycles. The van der Waals surface area contributed by atoms with Crippen LogP contribution in [0.25, 0.3) is 0 Å². The molecule has 9 heteroatoms. The van der Waals surface area contributed by atoms with Crippen LogP contribution < -0.4 is 15.1 Å². The molecule has 4 aromatic rings. The normalized spacial score (nSPS) is 13.0. The fourth-order valence-electron chi connectivity index (χ4n) is 4.94. The predicted molar refractivity (Wildman–Crippen MR) is 159 cm³/mol. The molecule has 3 amide bonds. The van der Waals surface area contributed by atoms with Gasteiger partial charge in [-0.1, -0.05) is 54.6 Å². The second kappa shape index (κ2) is 12.1. The maximum atomic E-state index is 14.5. The monoisotopic (exact) mass is 564 g/mol. The van der Waals surface area contributed by atoms with Crippen LogP contribution in [0.5, 0.6) is 0 Å². The number of ketones is 1. The van der Waals surface area contributed by atoms with E-state index in [1.807, 2.05) is 37.2 Å². The zero-order chi connectivity index (χ0) is 29.8. The van der Waals surface area contributed by atoms with Crippen LogP contribution in [0.15, 0.2) is 103 Å². The second-order valence-corrected chi connectivity index (χ2v) is 10.1. The molecule has 1 aliphatic rings. The summed E-state index contributed by atoms with van der Waals surface area (Å²) in [6, 6.07) is 26.9. The smallest absolute Gasteiger partial charge is 0.299 e. The zero-order valence-corrected chi connectivity index (χ0v) is 23.2. The van der Waals surface area contributed by atoms with Crippen LogP contribution >= 0.6 is 0 Å². The molecule has 0 saturated heterocycles. The van der Waals surface area contributed by atoms with Crippen molar-refractivity contribution in [2.45, 2.75) is 12.6 Å². The van der Waals surface area contributed by atoms with Gasteiger partial charge in [0.2, 0.25) is 5.91 Å². The summed E-state index contributed by atoms with van der Waals surface area (Å²) >= 11 is 0. The topological polar surface area (TPSA) is 90.0 Å². The lowest BCUT2D eigenvalue weighted by Crippen LogP contribution is -2.46. The number of para-hydroxylation sites is 1. The average Bonchev–Trinajstić information content (AvgIpc) is 3.22. The zero-order valence-electron chi connectivity index (χ0n) is 23.2. The van der Waals surface area contributed by atoms with Gasteiger partial charge in [-0.15, -0.1) is 0 Å². The maximum Gasteiger partial charge on any atom is 0.299 e. The molecular weight excluding hydrogens is 535 g/mol. The third-order valence-corrected chi connectivity index (χ3v) is 7.06. The Morgan fingerprint density at radius 2 is 1.55 bits per heavy atom. The molecule has 4 aromatic carbocycles. The number of nitrogens with one attached hydrogen (secondary N) is 1. The number of Topliss-reactive ketones (excluding diaryl/α,β-unsaturated/α-hetero) is 1. The number of benzene rings is 4. The number of anilines is 3. The molecule has 0 radical (unpaired) electrons. The van der Waals surface area contributed by atoms with Gasteiger partial charge < -0.3 is 15.1 Å². The van der Waals surface area contributed by atoms with Gasteiger partial charge in [0.05, 0.1) is 11.3 Å². The van der Waals surface area contributed by atoms with Crippen molar-refractivity contribution >= 4 is 40.6 Å². The van der Waals surface area contributed by atoms with E-state index < -0.39 is 41.9 Å². The first-order valence-corrected chi connectivity index (χ1v) is 13.4. The largest absolute Gasteiger partial charge is 0.378 e. The first-order valence-electron chi connectivity index (χ1n) is 13.4. The third kappa shape index (κ3) is 5.90. The highest BCUT2D eigenvalue weighted by molar-refractivity contribution is 6.52. The summed E-state index contributed by atoms with van der Waals surface area (Å²) in [6.07, 6.45) is 0. The minimum absolute atomic E-state index is 0.00847. The third-order valence-electron chi connectivity index (χ3n) is 7.06. The molecule has 0 aromatic heterocycles. The molecule has 0 spiro atoms. The Bertz CT molecular complexity index is 1640. The Morgan fingerprint density at radius 1 is 0.857 bits per heavy atom. The number of halogens is 1. The standard InChI is InChI=1S/C33H29FN4O4/c1-36(2)26-17-15-25(16-18-26)35-32(41)30(23-11-8-12-24(34)19-23)38(20-22-9-4-3-5-10-22)29(39)21-37-28-14-7-6-13-27(28)31(40)33(37)42/h3-19,30H,20-21H2,1-2H3,(H,35,41). The minimum Gasteiger partial charge on any atom is -0.378 e. The molecule has 1 heterocycles. The first-order chi connectivity index (χ1) is 20.2. The summed E-state index contributed by atoms with van der Waals surface area (Å²) in [5.74, 6) is -3.25. The Morgan fingerprint density at radius 3 is 2.24 bits per heavy atom. The van der Waals surface area contributed by atoms with Crippen molar-refractivity contribution in [3.63, 3.8) is 0 Å². The summed E-state index contributed by atoms with van der Waals surface area (Å²) in [5, 5.41) is 2.86. The van der Waals surface area contributed by atoms with Crippen LogP contribution in [0.3, 0.4) is 0 Å². The van der Waals surface area contributed by atoms with E-state index in [1.54, 1.807) is 60.7 Å². The van der Waals surface area contributed by atoms with Crippen molar-refractivity contribution in [2.24, 2.45) is 0 Å². The molecular formula is C33H29FN4O4. The highest BCUT2D eigenvalue weighted by Crippen LogP contribution is 2.31.